The van der Waals surface area contributed by atoms with Gasteiger partial charge in [0.1, 0.15) is 28.5 Å². The minimum absolute atomic E-state index is 0.0901. The molecule has 0 atom stereocenters. The highest BCUT2D eigenvalue weighted by molar-refractivity contribution is 6.30. The molecule has 1 amide bonds. The third-order valence-corrected chi connectivity index (χ3v) is 6.37. The predicted octanol–water partition coefficient (Wildman–Crippen LogP) is 5.32. The molecule has 5 rings (SSSR count). The van der Waals surface area contributed by atoms with Crippen molar-refractivity contribution in [2.24, 2.45) is 0 Å². The van der Waals surface area contributed by atoms with Gasteiger partial charge < -0.3 is 14.7 Å². The van der Waals surface area contributed by atoms with Gasteiger partial charge in [0.15, 0.2) is 0 Å². The number of nitrogens with one attached hydrogen (secondary N) is 1. The summed E-state index contributed by atoms with van der Waals surface area (Å²) in [4.78, 5) is 24.1. The van der Waals surface area contributed by atoms with Gasteiger partial charge >= 0.3 is 0 Å². The van der Waals surface area contributed by atoms with Gasteiger partial charge in [-0.3, -0.25) is 4.79 Å². The molecule has 1 aliphatic heterocycles. The number of nitrogens with zero attached hydrogens (tertiary/aromatic N) is 4. The molecule has 35 heavy (non-hydrogen) atoms. The van der Waals surface area contributed by atoms with E-state index in [4.69, 9.17) is 21.1 Å². The van der Waals surface area contributed by atoms with Crippen molar-refractivity contribution < 1.29 is 13.7 Å². The SMILES string of the molecule is O=C(CCc1nc(N2CCCCC2)c2c(-c3ccc(F)cc3)noc2n1)NCc1ccc(Cl)cc1. The standard InChI is InChI=1S/C26H25ClFN5O2/c27-19-8-4-17(5-9-19)16-29-22(34)13-12-21-30-25(33-14-2-1-3-15-33)23-24(32-35-26(23)31-21)18-6-10-20(28)11-7-18/h4-11H,1-3,12-16H2,(H,29,34). The molecule has 180 valence electrons. The molecule has 2 aromatic carbocycles. The summed E-state index contributed by atoms with van der Waals surface area (Å²) < 4.78 is 19.1. The maximum Gasteiger partial charge on any atom is 0.263 e. The minimum Gasteiger partial charge on any atom is -0.356 e. The molecule has 1 aliphatic rings. The largest absolute Gasteiger partial charge is 0.356 e. The summed E-state index contributed by atoms with van der Waals surface area (Å²) >= 11 is 5.91. The zero-order valence-corrected chi connectivity index (χ0v) is 19.9. The zero-order valence-electron chi connectivity index (χ0n) is 19.1. The first-order chi connectivity index (χ1) is 17.1. The molecule has 0 saturated carbocycles. The van der Waals surface area contributed by atoms with Gasteiger partial charge in [-0.25, -0.2) is 9.37 Å². The molecule has 0 spiro atoms. The number of piperidine rings is 1. The Morgan fingerprint density at radius 2 is 1.77 bits per heavy atom. The van der Waals surface area contributed by atoms with Crippen molar-refractivity contribution in [3.05, 3.63) is 70.8 Å². The lowest BCUT2D eigenvalue weighted by atomic mass is 10.1. The van der Waals surface area contributed by atoms with Crippen molar-refractivity contribution >= 4 is 34.4 Å². The molecule has 7 nitrogen and oxygen atoms in total. The topological polar surface area (TPSA) is 84.2 Å². The first-order valence-corrected chi connectivity index (χ1v) is 12.1. The summed E-state index contributed by atoms with van der Waals surface area (Å²) in [5.74, 6) is 0.881. The molecule has 1 saturated heterocycles. The Bertz CT molecular complexity index is 1320. The quantitative estimate of drug-likeness (QED) is 0.375. The number of rotatable bonds is 7. The van der Waals surface area contributed by atoms with Crippen LogP contribution in [0.3, 0.4) is 0 Å². The highest BCUT2D eigenvalue weighted by Gasteiger charge is 2.24. The van der Waals surface area contributed by atoms with E-state index in [1.54, 1.807) is 24.3 Å². The van der Waals surface area contributed by atoms with Gasteiger partial charge in [-0.05, 0) is 61.2 Å². The molecule has 4 aromatic rings. The average molecular weight is 494 g/mol. The van der Waals surface area contributed by atoms with E-state index in [0.29, 0.717) is 35.2 Å². The molecule has 0 bridgehead atoms. The molecule has 0 radical (unpaired) electrons. The van der Waals surface area contributed by atoms with Crippen molar-refractivity contribution in [2.45, 2.75) is 38.6 Å². The smallest absolute Gasteiger partial charge is 0.263 e. The summed E-state index contributed by atoms with van der Waals surface area (Å²) in [5, 5.41) is 8.54. The van der Waals surface area contributed by atoms with Gasteiger partial charge in [0.25, 0.3) is 5.71 Å². The second-order valence-electron chi connectivity index (χ2n) is 8.63. The van der Waals surface area contributed by atoms with Crippen LogP contribution in [0.15, 0.2) is 53.1 Å². The van der Waals surface area contributed by atoms with Gasteiger partial charge in [0.05, 0.1) is 0 Å². The third kappa shape index (κ3) is 5.43. The summed E-state index contributed by atoms with van der Waals surface area (Å²) in [7, 11) is 0. The second kappa shape index (κ2) is 10.4. The van der Waals surface area contributed by atoms with Gasteiger partial charge in [0, 0.05) is 43.1 Å². The van der Waals surface area contributed by atoms with Crippen molar-refractivity contribution in [2.75, 3.05) is 18.0 Å². The van der Waals surface area contributed by atoms with Crippen LogP contribution >= 0.6 is 11.6 Å². The zero-order chi connectivity index (χ0) is 24.2. The minimum atomic E-state index is -0.314. The Labute approximate surface area is 207 Å². The van der Waals surface area contributed by atoms with E-state index in [1.807, 2.05) is 12.1 Å². The van der Waals surface area contributed by atoms with E-state index < -0.39 is 0 Å². The van der Waals surface area contributed by atoms with Crippen molar-refractivity contribution in [3.8, 4) is 11.3 Å². The summed E-state index contributed by atoms with van der Waals surface area (Å²) in [5.41, 5.74) is 2.67. The summed E-state index contributed by atoms with van der Waals surface area (Å²) in [6, 6.07) is 13.5. The highest BCUT2D eigenvalue weighted by Crippen LogP contribution is 2.35. The number of fused-ring (bicyclic) bond motifs is 1. The number of carbonyl (C=O) groups excluding carboxylic acids is 1. The third-order valence-electron chi connectivity index (χ3n) is 6.12. The van der Waals surface area contributed by atoms with E-state index in [0.717, 1.165) is 48.3 Å². The number of benzene rings is 2. The fraction of sp³-hybridized carbons (Fsp3) is 0.308. The van der Waals surface area contributed by atoms with Gasteiger partial charge in [-0.2, -0.15) is 4.98 Å². The lowest BCUT2D eigenvalue weighted by molar-refractivity contribution is -0.121. The van der Waals surface area contributed by atoms with Crippen molar-refractivity contribution in [1.82, 2.24) is 20.4 Å². The molecular formula is C26H25ClFN5O2. The van der Waals surface area contributed by atoms with Gasteiger partial charge in [-0.1, -0.05) is 28.9 Å². The maximum atomic E-state index is 13.5. The van der Waals surface area contributed by atoms with Crippen LogP contribution in [0.5, 0.6) is 0 Å². The van der Waals surface area contributed by atoms with Crippen LogP contribution in [0.25, 0.3) is 22.4 Å². The average Bonchev–Trinajstić information content (AvgIpc) is 3.31. The number of hydrogen-bond acceptors (Lipinski definition) is 6. The molecule has 0 aliphatic carbocycles. The van der Waals surface area contributed by atoms with E-state index in [-0.39, 0.29) is 18.1 Å². The van der Waals surface area contributed by atoms with E-state index in [2.05, 4.69) is 20.4 Å². The number of halogens is 2. The normalized spacial score (nSPS) is 13.8. The fourth-order valence-electron chi connectivity index (χ4n) is 4.25. The predicted molar refractivity (Wildman–Crippen MR) is 133 cm³/mol. The van der Waals surface area contributed by atoms with Crippen LogP contribution in [0, 0.1) is 5.82 Å². The maximum absolute atomic E-state index is 13.5. The van der Waals surface area contributed by atoms with Crippen molar-refractivity contribution in [3.63, 3.8) is 0 Å². The molecule has 0 unspecified atom stereocenters. The Morgan fingerprint density at radius 1 is 1.03 bits per heavy atom. The van der Waals surface area contributed by atoms with Crippen LogP contribution in [0.4, 0.5) is 10.2 Å². The van der Waals surface area contributed by atoms with Gasteiger partial charge in [0.2, 0.25) is 5.91 Å². The Hall–Kier alpha value is -3.52. The van der Waals surface area contributed by atoms with Crippen molar-refractivity contribution in [1.29, 1.82) is 0 Å². The number of aromatic nitrogens is 3. The number of amides is 1. The molecule has 9 heteroatoms. The van der Waals surface area contributed by atoms with Crippen LogP contribution in [-0.4, -0.2) is 34.1 Å². The number of carbonyl (C=O) groups is 1. The molecule has 3 heterocycles. The van der Waals surface area contributed by atoms with Crippen LogP contribution in [0.1, 0.15) is 37.1 Å². The fourth-order valence-corrected chi connectivity index (χ4v) is 4.37. The van der Waals surface area contributed by atoms with Gasteiger partial charge in [-0.15, -0.1) is 0 Å². The van der Waals surface area contributed by atoms with Crippen LogP contribution in [0.2, 0.25) is 5.02 Å². The van der Waals surface area contributed by atoms with E-state index in [1.165, 1.54) is 18.6 Å². The number of aryl methyl sites for hydroxylation is 1. The first-order valence-electron chi connectivity index (χ1n) is 11.7. The second-order valence-corrected chi connectivity index (χ2v) is 9.07. The highest BCUT2D eigenvalue weighted by atomic mass is 35.5. The number of hydrogen-bond donors (Lipinski definition) is 1. The Balaban J connectivity index is 1.37. The number of anilines is 1. The van der Waals surface area contributed by atoms with Crippen LogP contribution in [-0.2, 0) is 17.8 Å². The summed E-state index contributed by atoms with van der Waals surface area (Å²) in [6.45, 7) is 2.18. The Kier molecular flexibility index (Phi) is 6.90. The van der Waals surface area contributed by atoms with E-state index >= 15 is 0 Å². The Morgan fingerprint density at radius 3 is 2.51 bits per heavy atom. The lowest BCUT2D eigenvalue weighted by Gasteiger charge is -2.28. The van der Waals surface area contributed by atoms with Crippen LogP contribution < -0.4 is 10.2 Å². The molecule has 1 fully saturated rings. The van der Waals surface area contributed by atoms with E-state index in [9.17, 15) is 9.18 Å². The molecule has 2 aromatic heterocycles. The monoisotopic (exact) mass is 493 g/mol. The first kappa shape index (κ1) is 23.2. The molecule has 1 N–H and O–H groups in total. The lowest BCUT2D eigenvalue weighted by Crippen LogP contribution is -2.30. The summed E-state index contributed by atoms with van der Waals surface area (Å²) in [6.07, 6.45) is 3.95. The molecular weight excluding hydrogens is 469 g/mol.